The molecule has 1 aliphatic carbocycles. The average Bonchev–Trinajstić information content (AvgIpc) is 3.70. The summed E-state index contributed by atoms with van der Waals surface area (Å²) in [5, 5.41) is 0. The highest BCUT2D eigenvalue weighted by atomic mass is 16.6. The van der Waals surface area contributed by atoms with E-state index in [1.165, 1.54) is 89.0 Å². The molecule has 1 heterocycles. The zero-order valence-corrected chi connectivity index (χ0v) is 27.6. The fourth-order valence-corrected chi connectivity index (χ4v) is 6.51. The number of hydrogen-bond acceptors (Lipinski definition) is 5. The van der Waals surface area contributed by atoms with Crippen molar-refractivity contribution in [3.63, 3.8) is 0 Å². The van der Waals surface area contributed by atoms with E-state index >= 15 is 0 Å². The zero-order valence-electron chi connectivity index (χ0n) is 27.6. The van der Waals surface area contributed by atoms with Crippen molar-refractivity contribution >= 4 is 5.97 Å². The summed E-state index contributed by atoms with van der Waals surface area (Å²) in [5.41, 5.74) is 0.557. The minimum absolute atomic E-state index is 0.00858. The SMILES string of the molecule is CCCCC/C=C/CCCCCCCCCCCCC(=O)O[C@@H]1CC[C@]2(CO2)[C@@H](C(C)(C)OCC=C(C)C)[C@@H]1OC. The van der Waals surface area contributed by atoms with E-state index in [9.17, 15) is 4.79 Å². The van der Waals surface area contributed by atoms with Crippen LogP contribution in [0.3, 0.4) is 0 Å². The van der Waals surface area contributed by atoms with Gasteiger partial charge in [-0.1, -0.05) is 94.9 Å². The molecule has 238 valence electrons. The quantitative estimate of drug-likeness (QED) is 0.0524. The van der Waals surface area contributed by atoms with Crippen LogP contribution in [0.2, 0.25) is 0 Å². The fraction of sp³-hybridized carbons (Fsp3) is 0.861. The number of ether oxygens (including phenoxy) is 4. The second-order valence-electron chi connectivity index (χ2n) is 13.3. The summed E-state index contributed by atoms with van der Waals surface area (Å²) in [7, 11) is 1.72. The van der Waals surface area contributed by atoms with Crippen molar-refractivity contribution in [1.82, 2.24) is 0 Å². The van der Waals surface area contributed by atoms with Crippen molar-refractivity contribution in [1.29, 1.82) is 0 Å². The minimum Gasteiger partial charge on any atom is -0.460 e. The number of hydrogen-bond donors (Lipinski definition) is 0. The van der Waals surface area contributed by atoms with E-state index in [-0.39, 0.29) is 29.7 Å². The second kappa shape index (κ2) is 19.9. The standard InChI is InChI=1S/C36H64O5/c1-7-8-9-10-11-12-13-14-15-16-17-18-19-20-21-22-23-24-32(37)41-31-25-27-36(29-40-36)34(33(31)38-6)35(4,5)39-28-26-30(2)3/h11-12,26,31,33-34H,7-10,13-25,27-29H2,1-6H3/b12-11+/t31-,33-,34-,36+/m1/s1. The van der Waals surface area contributed by atoms with E-state index in [4.69, 9.17) is 18.9 Å². The molecular weight excluding hydrogens is 512 g/mol. The van der Waals surface area contributed by atoms with E-state index in [0.29, 0.717) is 13.0 Å². The normalized spacial score (nSPS) is 24.2. The van der Waals surface area contributed by atoms with Gasteiger partial charge in [0, 0.05) is 19.4 Å². The van der Waals surface area contributed by atoms with Crippen molar-refractivity contribution in [3.05, 3.63) is 23.8 Å². The Bertz CT molecular complexity index is 762. The summed E-state index contributed by atoms with van der Waals surface area (Å²) < 4.78 is 24.3. The van der Waals surface area contributed by atoms with Crippen molar-refractivity contribution in [3.8, 4) is 0 Å². The van der Waals surface area contributed by atoms with Gasteiger partial charge in [0.1, 0.15) is 12.2 Å². The van der Waals surface area contributed by atoms with Gasteiger partial charge in [-0.15, -0.1) is 0 Å². The number of allylic oxidation sites excluding steroid dienone is 3. The predicted octanol–water partition coefficient (Wildman–Crippen LogP) is 9.67. The average molecular weight is 577 g/mol. The minimum atomic E-state index is -0.459. The lowest BCUT2D eigenvalue weighted by molar-refractivity contribution is -0.192. The number of epoxide rings is 1. The van der Waals surface area contributed by atoms with E-state index in [0.717, 1.165) is 32.3 Å². The van der Waals surface area contributed by atoms with Crippen LogP contribution in [-0.4, -0.2) is 49.7 Å². The molecule has 1 saturated heterocycles. The molecule has 0 radical (unpaired) electrons. The van der Waals surface area contributed by atoms with E-state index in [2.05, 4.69) is 52.8 Å². The second-order valence-corrected chi connectivity index (χ2v) is 13.3. The number of carbonyl (C=O) groups excluding carboxylic acids is 1. The maximum atomic E-state index is 12.8. The molecule has 4 atom stereocenters. The van der Waals surface area contributed by atoms with Gasteiger partial charge in [0.2, 0.25) is 0 Å². The molecule has 0 N–H and O–H groups in total. The molecule has 0 aromatic rings. The first-order valence-corrected chi connectivity index (χ1v) is 17.0. The third-order valence-electron chi connectivity index (χ3n) is 9.02. The van der Waals surface area contributed by atoms with Gasteiger partial charge in [-0.25, -0.2) is 0 Å². The molecule has 0 aromatic heterocycles. The molecule has 0 unspecified atom stereocenters. The van der Waals surface area contributed by atoms with E-state index in [1.54, 1.807) is 7.11 Å². The molecule has 2 rings (SSSR count). The Balaban J connectivity index is 1.57. The molecule has 1 saturated carbocycles. The Labute approximate surface area is 253 Å². The number of unbranched alkanes of at least 4 members (excludes halogenated alkanes) is 13. The summed E-state index contributed by atoms with van der Waals surface area (Å²) in [6, 6.07) is 0. The van der Waals surface area contributed by atoms with Gasteiger partial charge in [0.25, 0.3) is 0 Å². The van der Waals surface area contributed by atoms with Gasteiger partial charge >= 0.3 is 5.97 Å². The smallest absolute Gasteiger partial charge is 0.306 e. The molecule has 0 amide bonds. The van der Waals surface area contributed by atoms with Gasteiger partial charge in [-0.2, -0.15) is 0 Å². The van der Waals surface area contributed by atoms with Gasteiger partial charge < -0.3 is 18.9 Å². The molecule has 5 heteroatoms. The molecule has 0 aromatic carbocycles. The molecule has 5 nitrogen and oxygen atoms in total. The van der Waals surface area contributed by atoms with Crippen LogP contribution < -0.4 is 0 Å². The first-order valence-electron chi connectivity index (χ1n) is 17.0. The molecular formula is C36H64O5. The number of esters is 1. The third-order valence-corrected chi connectivity index (χ3v) is 9.02. The van der Waals surface area contributed by atoms with E-state index < -0.39 is 5.60 Å². The Morgan fingerprint density at radius 1 is 0.902 bits per heavy atom. The Morgan fingerprint density at radius 2 is 1.46 bits per heavy atom. The Morgan fingerprint density at radius 3 is 2.00 bits per heavy atom. The topological polar surface area (TPSA) is 57.3 Å². The zero-order chi connectivity index (χ0) is 30.0. The summed E-state index contributed by atoms with van der Waals surface area (Å²) in [6.07, 6.45) is 27.6. The first kappa shape index (κ1) is 36.0. The maximum absolute atomic E-state index is 12.8. The van der Waals surface area contributed by atoms with Gasteiger partial charge in [0.15, 0.2) is 0 Å². The van der Waals surface area contributed by atoms with Gasteiger partial charge in [-0.3, -0.25) is 4.79 Å². The lowest BCUT2D eigenvalue weighted by Crippen LogP contribution is -2.58. The Hall–Kier alpha value is -1.17. The molecule has 0 bridgehead atoms. The van der Waals surface area contributed by atoms with Crippen molar-refractivity contribution in [2.45, 2.75) is 174 Å². The largest absolute Gasteiger partial charge is 0.460 e. The van der Waals surface area contributed by atoms with Gasteiger partial charge in [0.05, 0.1) is 24.4 Å². The fourth-order valence-electron chi connectivity index (χ4n) is 6.51. The van der Waals surface area contributed by atoms with Crippen molar-refractivity contribution in [2.24, 2.45) is 5.92 Å². The van der Waals surface area contributed by atoms with Crippen LogP contribution in [0.15, 0.2) is 23.8 Å². The van der Waals surface area contributed by atoms with Crippen LogP contribution in [0.1, 0.15) is 150 Å². The Kier molecular flexibility index (Phi) is 17.5. The summed E-state index contributed by atoms with van der Waals surface area (Å²) in [4.78, 5) is 12.8. The van der Waals surface area contributed by atoms with Crippen LogP contribution in [0.5, 0.6) is 0 Å². The van der Waals surface area contributed by atoms with Crippen molar-refractivity contribution < 1.29 is 23.7 Å². The van der Waals surface area contributed by atoms with Crippen molar-refractivity contribution in [2.75, 3.05) is 20.3 Å². The maximum Gasteiger partial charge on any atom is 0.306 e. The highest BCUT2D eigenvalue weighted by Gasteiger charge is 2.64. The molecule has 41 heavy (non-hydrogen) atoms. The van der Waals surface area contributed by atoms with Crippen LogP contribution >= 0.6 is 0 Å². The molecule has 2 fully saturated rings. The molecule has 1 aliphatic heterocycles. The summed E-state index contributed by atoms with van der Waals surface area (Å²) in [5.74, 6) is -0.0863. The van der Waals surface area contributed by atoms with Gasteiger partial charge in [-0.05, 0) is 72.6 Å². The summed E-state index contributed by atoms with van der Waals surface area (Å²) >= 11 is 0. The first-order chi connectivity index (χ1) is 19.8. The molecule has 2 aliphatic rings. The highest BCUT2D eigenvalue weighted by molar-refractivity contribution is 5.69. The number of carbonyl (C=O) groups is 1. The lowest BCUT2D eigenvalue weighted by Gasteiger charge is -2.47. The third kappa shape index (κ3) is 13.8. The van der Waals surface area contributed by atoms with Crippen LogP contribution in [-0.2, 0) is 23.7 Å². The summed E-state index contributed by atoms with van der Waals surface area (Å²) in [6.45, 7) is 11.9. The predicted molar refractivity (Wildman–Crippen MR) is 170 cm³/mol. The van der Waals surface area contributed by atoms with Crippen LogP contribution in [0.4, 0.5) is 0 Å². The lowest BCUT2D eigenvalue weighted by atomic mass is 9.68. The number of methoxy groups -OCH3 is 1. The monoisotopic (exact) mass is 576 g/mol. The van der Waals surface area contributed by atoms with Crippen LogP contribution in [0.25, 0.3) is 0 Å². The highest BCUT2D eigenvalue weighted by Crippen LogP contribution is 2.52. The van der Waals surface area contributed by atoms with E-state index in [1.807, 2.05) is 0 Å². The molecule has 1 spiro atoms. The van der Waals surface area contributed by atoms with Crippen LogP contribution in [0, 0.1) is 5.92 Å². The number of rotatable bonds is 23.